The Morgan fingerprint density at radius 2 is 2.21 bits per heavy atom. The van der Waals surface area contributed by atoms with Gasteiger partial charge < -0.3 is 11.1 Å². The van der Waals surface area contributed by atoms with Crippen molar-refractivity contribution in [2.24, 2.45) is 0 Å². The molecule has 7 nitrogen and oxygen atoms in total. The van der Waals surface area contributed by atoms with Crippen LogP contribution >= 0.6 is 0 Å². The summed E-state index contributed by atoms with van der Waals surface area (Å²) in [7, 11) is -0.895. The van der Waals surface area contributed by atoms with Crippen LogP contribution in [-0.2, 0) is 10.8 Å². The molecule has 1 atom stereocenters. The van der Waals surface area contributed by atoms with E-state index in [1.54, 1.807) is 6.26 Å². The van der Waals surface area contributed by atoms with Crippen molar-refractivity contribution in [2.75, 3.05) is 24.3 Å². The lowest BCUT2D eigenvalue weighted by Gasteiger charge is -2.05. The monoisotopic (exact) mass is 285 g/mol. The Kier molecular flexibility index (Phi) is 5.43. The van der Waals surface area contributed by atoms with E-state index in [2.05, 4.69) is 5.32 Å². The second-order valence-corrected chi connectivity index (χ2v) is 5.47. The largest absolute Gasteiger partial charge is 0.393 e. The number of nitro benzene ring substituents is 1. The smallest absolute Gasteiger partial charge is 0.292 e. The minimum atomic E-state index is -0.895. The van der Waals surface area contributed by atoms with Gasteiger partial charge in [-0.25, -0.2) is 0 Å². The van der Waals surface area contributed by atoms with Gasteiger partial charge in [-0.2, -0.15) is 0 Å². The first-order valence-electron chi connectivity index (χ1n) is 5.54. The molecule has 0 bridgehead atoms. The first-order valence-corrected chi connectivity index (χ1v) is 7.26. The Hall–Kier alpha value is -1.96. The zero-order chi connectivity index (χ0) is 14.4. The number of anilines is 1. The topological polar surface area (TPSA) is 115 Å². The van der Waals surface area contributed by atoms with Crippen molar-refractivity contribution in [1.29, 1.82) is 0 Å². The maximum atomic E-state index is 11.7. The highest BCUT2D eigenvalue weighted by Crippen LogP contribution is 2.22. The molecule has 0 fully saturated rings. The van der Waals surface area contributed by atoms with Crippen LogP contribution in [-0.4, -0.2) is 33.6 Å². The highest BCUT2D eigenvalue weighted by molar-refractivity contribution is 7.84. The molecule has 8 heteroatoms. The van der Waals surface area contributed by atoms with E-state index in [1.807, 2.05) is 0 Å². The van der Waals surface area contributed by atoms with E-state index < -0.39 is 21.6 Å². The summed E-state index contributed by atoms with van der Waals surface area (Å²) in [4.78, 5) is 21.8. The molecule has 19 heavy (non-hydrogen) atoms. The van der Waals surface area contributed by atoms with Crippen LogP contribution in [0.1, 0.15) is 16.8 Å². The summed E-state index contributed by atoms with van der Waals surface area (Å²) in [6.07, 6.45) is 2.18. The summed E-state index contributed by atoms with van der Waals surface area (Å²) >= 11 is 0. The average Bonchev–Trinajstić information content (AvgIpc) is 2.34. The van der Waals surface area contributed by atoms with Crippen molar-refractivity contribution in [3.8, 4) is 0 Å². The molecule has 0 radical (unpaired) electrons. The molecule has 1 unspecified atom stereocenters. The molecule has 0 heterocycles. The van der Waals surface area contributed by atoms with E-state index in [9.17, 15) is 19.1 Å². The van der Waals surface area contributed by atoms with E-state index in [-0.39, 0.29) is 16.9 Å². The molecule has 0 aromatic heterocycles. The normalized spacial score (nSPS) is 11.8. The SMILES string of the molecule is CS(=O)CCCNC(=O)c1ccc(N)c([N+](=O)[O-])c1. The molecule has 1 aromatic carbocycles. The Labute approximate surface area is 112 Å². The first kappa shape index (κ1) is 15.1. The number of nitrogen functional groups attached to an aromatic ring is 1. The lowest BCUT2D eigenvalue weighted by Crippen LogP contribution is -2.25. The standard InChI is InChI=1S/C11H15N3O4S/c1-19(18)6-2-5-13-11(15)8-3-4-9(12)10(7-8)14(16)17/h3-4,7H,2,5-6,12H2,1H3,(H,13,15). The van der Waals surface area contributed by atoms with E-state index in [0.717, 1.165) is 6.07 Å². The molecule has 1 aromatic rings. The van der Waals surface area contributed by atoms with Crippen molar-refractivity contribution in [3.05, 3.63) is 33.9 Å². The van der Waals surface area contributed by atoms with Crippen LogP contribution in [0.2, 0.25) is 0 Å². The molecule has 3 N–H and O–H groups in total. The maximum Gasteiger partial charge on any atom is 0.292 e. The van der Waals surface area contributed by atoms with Crippen LogP contribution in [0.15, 0.2) is 18.2 Å². The van der Waals surface area contributed by atoms with Crippen LogP contribution < -0.4 is 11.1 Å². The predicted molar refractivity (Wildman–Crippen MR) is 73.4 cm³/mol. The third kappa shape index (κ3) is 4.66. The van der Waals surface area contributed by atoms with E-state index in [1.165, 1.54) is 12.1 Å². The molecule has 104 valence electrons. The highest BCUT2D eigenvalue weighted by Gasteiger charge is 2.15. The van der Waals surface area contributed by atoms with Crippen LogP contribution in [0.5, 0.6) is 0 Å². The van der Waals surface area contributed by atoms with Crippen molar-refractivity contribution >= 4 is 28.1 Å². The first-order chi connectivity index (χ1) is 8.91. The summed E-state index contributed by atoms with van der Waals surface area (Å²) in [5.41, 5.74) is 5.34. The van der Waals surface area contributed by atoms with Crippen molar-refractivity contribution in [3.63, 3.8) is 0 Å². The second-order valence-electron chi connectivity index (χ2n) is 3.92. The predicted octanol–water partition coefficient (Wildman–Crippen LogP) is 0.675. The van der Waals surface area contributed by atoms with Gasteiger partial charge in [-0.3, -0.25) is 19.1 Å². The van der Waals surface area contributed by atoms with E-state index in [0.29, 0.717) is 18.7 Å². The lowest BCUT2D eigenvalue weighted by molar-refractivity contribution is -0.383. The van der Waals surface area contributed by atoms with Crippen LogP contribution in [0.25, 0.3) is 0 Å². The number of nitro groups is 1. The fourth-order valence-corrected chi connectivity index (χ4v) is 1.97. The van der Waals surface area contributed by atoms with Gasteiger partial charge >= 0.3 is 0 Å². The zero-order valence-corrected chi connectivity index (χ0v) is 11.2. The number of rotatable bonds is 6. The molecular weight excluding hydrogens is 270 g/mol. The van der Waals surface area contributed by atoms with Crippen LogP contribution in [0.4, 0.5) is 11.4 Å². The van der Waals surface area contributed by atoms with Gasteiger partial charge in [-0.15, -0.1) is 0 Å². The number of nitrogens with two attached hydrogens (primary N) is 1. The van der Waals surface area contributed by atoms with Crippen LogP contribution in [0.3, 0.4) is 0 Å². The number of carbonyl (C=O) groups is 1. The number of benzene rings is 1. The van der Waals surface area contributed by atoms with Gasteiger partial charge in [0.15, 0.2) is 0 Å². The van der Waals surface area contributed by atoms with Gasteiger partial charge in [-0.05, 0) is 18.6 Å². The number of hydrogen-bond acceptors (Lipinski definition) is 5. The molecule has 0 aliphatic carbocycles. The lowest BCUT2D eigenvalue weighted by atomic mass is 10.1. The summed E-state index contributed by atoms with van der Waals surface area (Å²) in [5.74, 6) is 0.0901. The fourth-order valence-electron chi connectivity index (χ4n) is 1.42. The number of nitrogens with zero attached hydrogens (tertiary/aromatic N) is 1. The van der Waals surface area contributed by atoms with Crippen molar-refractivity contribution in [1.82, 2.24) is 5.32 Å². The van der Waals surface area contributed by atoms with Crippen molar-refractivity contribution < 1.29 is 13.9 Å². The number of amides is 1. The molecular formula is C11H15N3O4S. The van der Waals surface area contributed by atoms with Gasteiger partial charge in [0.25, 0.3) is 11.6 Å². The minimum Gasteiger partial charge on any atom is -0.393 e. The van der Waals surface area contributed by atoms with Crippen LogP contribution in [0, 0.1) is 10.1 Å². The van der Waals surface area contributed by atoms with Gasteiger partial charge in [0.05, 0.1) is 4.92 Å². The van der Waals surface area contributed by atoms with Gasteiger partial charge in [0, 0.05) is 41.0 Å². The molecule has 0 spiro atoms. The van der Waals surface area contributed by atoms with Gasteiger partial charge in [0.1, 0.15) is 5.69 Å². The molecule has 0 aliphatic rings. The molecule has 0 saturated carbocycles. The number of carbonyl (C=O) groups excluding carboxylic acids is 1. The molecule has 0 aliphatic heterocycles. The quantitative estimate of drug-likeness (QED) is 0.345. The summed E-state index contributed by atoms with van der Waals surface area (Å²) in [5, 5.41) is 13.3. The number of hydrogen-bond donors (Lipinski definition) is 2. The average molecular weight is 285 g/mol. The van der Waals surface area contributed by atoms with E-state index >= 15 is 0 Å². The second kappa shape index (κ2) is 6.83. The molecule has 1 amide bonds. The van der Waals surface area contributed by atoms with Gasteiger partial charge in [0.2, 0.25) is 0 Å². The molecule has 1 rings (SSSR count). The third-order valence-electron chi connectivity index (χ3n) is 2.38. The summed E-state index contributed by atoms with van der Waals surface area (Å²) < 4.78 is 10.8. The summed E-state index contributed by atoms with van der Waals surface area (Å²) in [6.45, 7) is 0.372. The Morgan fingerprint density at radius 1 is 1.53 bits per heavy atom. The fraction of sp³-hybridized carbons (Fsp3) is 0.364. The van der Waals surface area contributed by atoms with E-state index in [4.69, 9.17) is 5.73 Å². The minimum absolute atomic E-state index is 0.0166. The molecule has 0 saturated heterocycles. The highest BCUT2D eigenvalue weighted by atomic mass is 32.2. The Morgan fingerprint density at radius 3 is 2.79 bits per heavy atom. The van der Waals surface area contributed by atoms with Crippen molar-refractivity contribution in [2.45, 2.75) is 6.42 Å². The Balaban J connectivity index is 2.65. The maximum absolute atomic E-state index is 11.7. The third-order valence-corrected chi connectivity index (χ3v) is 3.25. The zero-order valence-electron chi connectivity index (χ0n) is 10.4. The van der Waals surface area contributed by atoms with Gasteiger partial charge in [-0.1, -0.05) is 0 Å². The number of nitrogens with one attached hydrogen (secondary N) is 1. The summed E-state index contributed by atoms with van der Waals surface area (Å²) in [6, 6.07) is 3.90. The Bertz CT molecular complexity index is 519.